The van der Waals surface area contributed by atoms with Gasteiger partial charge < -0.3 is 10.6 Å². The van der Waals surface area contributed by atoms with E-state index in [9.17, 15) is 9.18 Å². The van der Waals surface area contributed by atoms with Gasteiger partial charge in [-0.05, 0) is 29.8 Å². The first kappa shape index (κ1) is 13.2. The predicted molar refractivity (Wildman–Crippen MR) is 71.0 cm³/mol. The second kappa shape index (κ2) is 6.61. The number of carbonyl (C=O) groups is 1. The van der Waals surface area contributed by atoms with Crippen molar-refractivity contribution >= 4 is 11.6 Å². The van der Waals surface area contributed by atoms with Crippen LogP contribution in [0.4, 0.5) is 10.1 Å². The number of nitrogens with zero attached hydrogens (tertiary/aromatic N) is 1. The van der Waals surface area contributed by atoms with Gasteiger partial charge in [0.25, 0.3) is 0 Å². The molecular formula is C14H14FN3O. The highest BCUT2D eigenvalue weighted by Crippen LogP contribution is 2.08. The molecule has 0 aliphatic carbocycles. The molecule has 4 nitrogen and oxygen atoms in total. The van der Waals surface area contributed by atoms with E-state index in [0.29, 0.717) is 12.2 Å². The minimum Gasteiger partial charge on any atom is -0.325 e. The van der Waals surface area contributed by atoms with Gasteiger partial charge in [0.05, 0.1) is 6.54 Å². The molecule has 98 valence electrons. The summed E-state index contributed by atoms with van der Waals surface area (Å²) in [5.74, 6) is -0.587. The monoisotopic (exact) mass is 259 g/mol. The number of aromatic nitrogens is 1. The van der Waals surface area contributed by atoms with Crippen LogP contribution in [0.2, 0.25) is 0 Å². The Kier molecular flexibility index (Phi) is 4.58. The van der Waals surface area contributed by atoms with E-state index in [4.69, 9.17) is 0 Å². The highest BCUT2D eigenvalue weighted by Gasteiger charge is 2.02. The molecule has 19 heavy (non-hydrogen) atoms. The molecule has 0 aliphatic heterocycles. The Bertz CT molecular complexity index is 545. The Morgan fingerprint density at radius 1 is 1.26 bits per heavy atom. The van der Waals surface area contributed by atoms with Gasteiger partial charge in [-0.2, -0.15) is 0 Å². The van der Waals surface area contributed by atoms with Crippen molar-refractivity contribution in [3.05, 3.63) is 60.2 Å². The highest BCUT2D eigenvalue weighted by molar-refractivity contribution is 5.92. The average Bonchev–Trinajstić information content (AvgIpc) is 2.40. The maximum absolute atomic E-state index is 12.9. The summed E-state index contributed by atoms with van der Waals surface area (Å²) in [6, 6.07) is 9.56. The van der Waals surface area contributed by atoms with Gasteiger partial charge >= 0.3 is 0 Å². The van der Waals surface area contributed by atoms with Gasteiger partial charge in [0, 0.05) is 24.6 Å². The summed E-state index contributed by atoms with van der Waals surface area (Å²) in [6.07, 6.45) is 3.43. The Morgan fingerprint density at radius 3 is 2.89 bits per heavy atom. The maximum atomic E-state index is 12.9. The molecule has 0 saturated heterocycles. The van der Waals surface area contributed by atoms with Crippen molar-refractivity contribution < 1.29 is 9.18 Å². The SMILES string of the molecule is O=C(CNCc1cccnc1)Nc1cccc(F)c1. The summed E-state index contributed by atoms with van der Waals surface area (Å²) in [6.45, 7) is 0.718. The third-order valence-corrected chi connectivity index (χ3v) is 2.45. The van der Waals surface area contributed by atoms with Gasteiger partial charge in [0.1, 0.15) is 5.82 Å². The number of nitrogens with one attached hydrogen (secondary N) is 2. The lowest BCUT2D eigenvalue weighted by atomic mass is 10.3. The van der Waals surface area contributed by atoms with Gasteiger partial charge in [-0.15, -0.1) is 0 Å². The van der Waals surface area contributed by atoms with Crippen molar-refractivity contribution in [1.82, 2.24) is 10.3 Å². The lowest BCUT2D eigenvalue weighted by Crippen LogP contribution is -2.27. The Labute approximate surface area is 110 Å². The van der Waals surface area contributed by atoms with Gasteiger partial charge in [0.2, 0.25) is 5.91 Å². The Hall–Kier alpha value is -2.27. The fourth-order valence-electron chi connectivity index (χ4n) is 1.59. The number of carbonyl (C=O) groups excluding carboxylic acids is 1. The molecule has 0 aliphatic rings. The molecule has 2 aromatic rings. The normalized spacial score (nSPS) is 10.2. The fraction of sp³-hybridized carbons (Fsp3) is 0.143. The van der Waals surface area contributed by atoms with Crippen LogP contribution in [0, 0.1) is 5.82 Å². The molecule has 1 aromatic carbocycles. The zero-order valence-corrected chi connectivity index (χ0v) is 10.3. The summed E-state index contributed by atoms with van der Waals surface area (Å²) in [5, 5.41) is 5.60. The first-order chi connectivity index (χ1) is 9.24. The number of hydrogen-bond donors (Lipinski definition) is 2. The van der Waals surface area contributed by atoms with E-state index in [-0.39, 0.29) is 18.3 Å². The van der Waals surface area contributed by atoms with Crippen LogP contribution in [-0.4, -0.2) is 17.4 Å². The largest absolute Gasteiger partial charge is 0.325 e. The number of rotatable bonds is 5. The van der Waals surface area contributed by atoms with Gasteiger partial charge in [-0.25, -0.2) is 4.39 Å². The van der Waals surface area contributed by atoms with Gasteiger partial charge in [0.15, 0.2) is 0 Å². The molecule has 1 amide bonds. The molecule has 2 N–H and O–H groups in total. The molecular weight excluding hydrogens is 245 g/mol. The lowest BCUT2D eigenvalue weighted by molar-refractivity contribution is -0.115. The van der Waals surface area contributed by atoms with E-state index in [1.165, 1.54) is 12.1 Å². The van der Waals surface area contributed by atoms with Crippen molar-refractivity contribution in [2.75, 3.05) is 11.9 Å². The molecule has 0 radical (unpaired) electrons. The highest BCUT2D eigenvalue weighted by atomic mass is 19.1. The third-order valence-electron chi connectivity index (χ3n) is 2.45. The maximum Gasteiger partial charge on any atom is 0.238 e. The number of benzene rings is 1. The second-order valence-corrected chi connectivity index (χ2v) is 4.02. The molecule has 0 saturated carbocycles. The molecule has 0 bridgehead atoms. The van der Waals surface area contributed by atoms with Crippen LogP contribution in [0.15, 0.2) is 48.8 Å². The summed E-state index contributed by atoms with van der Waals surface area (Å²) < 4.78 is 12.9. The molecule has 5 heteroatoms. The molecule has 0 atom stereocenters. The quantitative estimate of drug-likeness (QED) is 0.863. The average molecular weight is 259 g/mol. The van der Waals surface area contributed by atoms with Crippen LogP contribution >= 0.6 is 0 Å². The van der Waals surface area contributed by atoms with Crippen molar-refractivity contribution in [3.63, 3.8) is 0 Å². The first-order valence-corrected chi connectivity index (χ1v) is 5.89. The summed E-state index contributed by atoms with van der Waals surface area (Å²) in [5.41, 5.74) is 1.45. The standard InChI is InChI=1S/C14H14FN3O/c15-12-4-1-5-13(7-12)18-14(19)10-17-9-11-3-2-6-16-8-11/h1-8,17H,9-10H2,(H,18,19). The number of halogens is 1. The Balaban J connectivity index is 1.76. The van der Waals surface area contributed by atoms with Crippen LogP contribution in [0.5, 0.6) is 0 Å². The number of pyridine rings is 1. The topological polar surface area (TPSA) is 54.0 Å². The van der Waals surface area contributed by atoms with Crippen LogP contribution in [0.25, 0.3) is 0 Å². The Morgan fingerprint density at radius 2 is 2.16 bits per heavy atom. The number of hydrogen-bond acceptors (Lipinski definition) is 3. The smallest absolute Gasteiger partial charge is 0.238 e. The molecule has 1 heterocycles. The third kappa shape index (κ3) is 4.48. The fourth-order valence-corrected chi connectivity index (χ4v) is 1.59. The van der Waals surface area contributed by atoms with Crippen molar-refractivity contribution in [2.24, 2.45) is 0 Å². The van der Waals surface area contributed by atoms with Crippen LogP contribution in [0.1, 0.15) is 5.56 Å². The number of anilines is 1. The van der Waals surface area contributed by atoms with Gasteiger partial charge in [-0.3, -0.25) is 9.78 Å². The van der Waals surface area contributed by atoms with E-state index in [0.717, 1.165) is 5.56 Å². The lowest BCUT2D eigenvalue weighted by Gasteiger charge is -2.06. The van der Waals surface area contributed by atoms with Crippen molar-refractivity contribution in [2.45, 2.75) is 6.54 Å². The summed E-state index contributed by atoms with van der Waals surface area (Å²) in [4.78, 5) is 15.6. The van der Waals surface area contributed by atoms with E-state index >= 15 is 0 Å². The van der Waals surface area contributed by atoms with Crippen LogP contribution in [0.3, 0.4) is 0 Å². The van der Waals surface area contributed by atoms with E-state index in [2.05, 4.69) is 15.6 Å². The van der Waals surface area contributed by atoms with Crippen molar-refractivity contribution in [1.29, 1.82) is 0 Å². The van der Waals surface area contributed by atoms with Crippen LogP contribution < -0.4 is 10.6 Å². The minimum atomic E-state index is -0.374. The molecule has 0 unspecified atom stereocenters. The minimum absolute atomic E-state index is 0.158. The molecule has 2 rings (SSSR count). The van der Waals surface area contributed by atoms with E-state index in [1.54, 1.807) is 24.5 Å². The van der Waals surface area contributed by atoms with E-state index < -0.39 is 0 Å². The summed E-state index contributed by atoms with van der Waals surface area (Å²) in [7, 11) is 0. The molecule has 0 fully saturated rings. The van der Waals surface area contributed by atoms with E-state index in [1.807, 2.05) is 12.1 Å². The zero-order valence-electron chi connectivity index (χ0n) is 10.3. The molecule has 0 spiro atoms. The molecule has 1 aromatic heterocycles. The second-order valence-electron chi connectivity index (χ2n) is 4.02. The number of amides is 1. The zero-order chi connectivity index (χ0) is 13.5. The van der Waals surface area contributed by atoms with Crippen LogP contribution in [-0.2, 0) is 11.3 Å². The van der Waals surface area contributed by atoms with Gasteiger partial charge in [-0.1, -0.05) is 12.1 Å². The van der Waals surface area contributed by atoms with Crippen molar-refractivity contribution in [3.8, 4) is 0 Å². The predicted octanol–water partition coefficient (Wildman–Crippen LogP) is 1.95. The first-order valence-electron chi connectivity index (χ1n) is 5.89. The summed E-state index contributed by atoms with van der Waals surface area (Å²) >= 11 is 0.